The number of nitrogens with one attached hydrogen (secondary N) is 1. The zero-order valence-corrected chi connectivity index (χ0v) is 18.1. The summed E-state index contributed by atoms with van der Waals surface area (Å²) in [5, 5.41) is 2.74. The van der Waals surface area contributed by atoms with Gasteiger partial charge in [-0.15, -0.1) is 4.40 Å². The van der Waals surface area contributed by atoms with E-state index in [1.807, 2.05) is 6.07 Å². The lowest BCUT2D eigenvalue weighted by Gasteiger charge is -2.26. The molecule has 168 valence electrons. The van der Waals surface area contributed by atoms with E-state index in [9.17, 15) is 22.8 Å². The van der Waals surface area contributed by atoms with Gasteiger partial charge in [-0.2, -0.15) is 0 Å². The summed E-state index contributed by atoms with van der Waals surface area (Å²) < 4.78 is 31.9. The second-order valence-corrected chi connectivity index (χ2v) is 9.00. The number of esters is 1. The number of ether oxygens (including phenoxy) is 1. The SMILES string of the molecule is O=C(OCC(=O)c1ccc(NC(=O)c2ccccc2)cc1)C1=CN2CCS(=O)(=O)N=C2C=C1. The molecule has 2 aromatic carbocycles. The van der Waals surface area contributed by atoms with Crippen LogP contribution in [0, 0.1) is 0 Å². The van der Waals surface area contributed by atoms with Crippen LogP contribution in [0.25, 0.3) is 0 Å². The molecule has 0 fully saturated rings. The predicted molar refractivity (Wildman–Crippen MR) is 121 cm³/mol. The Hall–Kier alpha value is -4.05. The smallest absolute Gasteiger partial charge is 0.340 e. The number of sulfonamides is 1. The zero-order chi connectivity index (χ0) is 23.4. The molecule has 10 heteroatoms. The van der Waals surface area contributed by atoms with Gasteiger partial charge in [-0.1, -0.05) is 18.2 Å². The fourth-order valence-corrected chi connectivity index (χ4v) is 4.12. The molecule has 9 nitrogen and oxygen atoms in total. The summed E-state index contributed by atoms with van der Waals surface area (Å²) in [4.78, 5) is 38.4. The molecule has 2 heterocycles. The number of carbonyl (C=O) groups is 3. The minimum Gasteiger partial charge on any atom is -0.454 e. The van der Waals surface area contributed by atoms with Gasteiger partial charge in [0.2, 0.25) is 0 Å². The summed E-state index contributed by atoms with van der Waals surface area (Å²) in [5.41, 5.74) is 1.54. The first kappa shape index (κ1) is 22.2. The number of amides is 1. The average molecular weight is 465 g/mol. The van der Waals surface area contributed by atoms with E-state index in [0.717, 1.165) is 0 Å². The molecule has 0 aromatic heterocycles. The van der Waals surface area contributed by atoms with Crippen molar-refractivity contribution in [1.82, 2.24) is 4.90 Å². The number of hydrogen-bond donors (Lipinski definition) is 1. The van der Waals surface area contributed by atoms with Crippen molar-refractivity contribution in [2.45, 2.75) is 0 Å². The molecule has 0 unspecified atom stereocenters. The van der Waals surface area contributed by atoms with Crippen molar-refractivity contribution in [2.75, 3.05) is 24.2 Å². The Labute approximate surface area is 190 Å². The summed E-state index contributed by atoms with van der Waals surface area (Å²) in [6.45, 7) is -0.288. The van der Waals surface area contributed by atoms with Crippen molar-refractivity contribution >= 4 is 39.2 Å². The normalized spacial score (nSPS) is 16.2. The van der Waals surface area contributed by atoms with Gasteiger partial charge in [0.25, 0.3) is 15.9 Å². The van der Waals surface area contributed by atoms with Crippen LogP contribution in [-0.4, -0.2) is 55.7 Å². The Balaban J connectivity index is 1.32. The Morgan fingerprint density at radius 3 is 2.42 bits per heavy atom. The molecule has 0 spiro atoms. The second-order valence-electron chi connectivity index (χ2n) is 7.24. The third-order valence-electron chi connectivity index (χ3n) is 4.89. The first-order valence-electron chi connectivity index (χ1n) is 9.97. The molecule has 0 saturated heterocycles. The maximum Gasteiger partial charge on any atom is 0.340 e. The van der Waals surface area contributed by atoms with Crippen LogP contribution in [0.4, 0.5) is 5.69 Å². The highest BCUT2D eigenvalue weighted by Crippen LogP contribution is 2.17. The van der Waals surface area contributed by atoms with E-state index in [0.29, 0.717) is 16.8 Å². The fraction of sp³-hybridized carbons (Fsp3) is 0.130. The van der Waals surface area contributed by atoms with E-state index >= 15 is 0 Å². The third-order valence-corrected chi connectivity index (χ3v) is 6.06. The van der Waals surface area contributed by atoms with E-state index < -0.39 is 28.4 Å². The zero-order valence-electron chi connectivity index (χ0n) is 17.3. The lowest BCUT2D eigenvalue weighted by molar-refractivity contribution is -0.137. The number of fused-ring (bicyclic) bond motifs is 1. The van der Waals surface area contributed by atoms with Crippen LogP contribution in [0.3, 0.4) is 0 Å². The van der Waals surface area contributed by atoms with Crippen molar-refractivity contribution in [2.24, 2.45) is 4.40 Å². The van der Waals surface area contributed by atoms with Gasteiger partial charge in [0.15, 0.2) is 12.4 Å². The Kier molecular flexibility index (Phi) is 6.18. The highest BCUT2D eigenvalue weighted by Gasteiger charge is 2.25. The maximum atomic E-state index is 12.4. The topological polar surface area (TPSA) is 122 Å². The summed E-state index contributed by atoms with van der Waals surface area (Å²) in [6, 6.07) is 15.0. The van der Waals surface area contributed by atoms with Crippen molar-refractivity contribution in [1.29, 1.82) is 0 Å². The van der Waals surface area contributed by atoms with Gasteiger partial charge < -0.3 is 15.0 Å². The summed E-state index contributed by atoms with van der Waals surface area (Å²) in [6.07, 6.45) is 4.26. The van der Waals surface area contributed by atoms with Crippen molar-refractivity contribution in [3.63, 3.8) is 0 Å². The van der Waals surface area contributed by atoms with Crippen LogP contribution in [0.5, 0.6) is 0 Å². The molecule has 0 aliphatic carbocycles. The monoisotopic (exact) mass is 465 g/mol. The van der Waals surface area contributed by atoms with Gasteiger partial charge in [-0.3, -0.25) is 9.59 Å². The number of carbonyl (C=O) groups excluding carboxylic acids is 3. The van der Waals surface area contributed by atoms with E-state index in [4.69, 9.17) is 4.74 Å². The van der Waals surface area contributed by atoms with Crippen LogP contribution in [0.2, 0.25) is 0 Å². The molecule has 4 rings (SSSR count). The second kappa shape index (κ2) is 9.21. The van der Waals surface area contributed by atoms with Gasteiger partial charge in [0.1, 0.15) is 5.84 Å². The van der Waals surface area contributed by atoms with Gasteiger partial charge in [-0.05, 0) is 48.6 Å². The Morgan fingerprint density at radius 1 is 0.970 bits per heavy atom. The molecular weight excluding hydrogens is 446 g/mol. The number of Topliss-reactive ketones (excluding diaryl/α,β-unsaturated/α-hetero) is 1. The molecule has 1 N–H and O–H groups in total. The van der Waals surface area contributed by atoms with Crippen molar-refractivity contribution in [3.8, 4) is 0 Å². The molecule has 1 amide bonds. The van der Waals surface area contributed by atoms with Gasteiger partial charge in [0.05, 0.1) is 11.3 Å². The first-order valence-corrected chi connectivity index (χ1v) is 11.6. The van der Waals surface area contributed by atoms with Crippen LogP contribution in [-0.2, 0) is 19.6 Å². The van der Waals surface area contributed by atoms with Crippen LogP contribution in [0.1, 0.15) is 20.7 Å². The minimum atomic E-state index is -3.49. The highest BCUT2D eigenvalue weighted by molar-refractivity contribution is 7.90. The highest BCUT2D eigenvalue weighted by atomic mass is 32.2. The van der Waals surface area contributed by atoms with Crippen molar-refractivity contribution in [3.05, 3.63) is 89.6 Å². The van der Waals surface area contributed by atoms with E-state index in [2.05, 4.69) is 9.71 Å². The Bertz CT molecular complexity index is 1300. The number of nitrogens with zero attached hydrogens (tertiary/aromatic N) is 2. The van der Waals surface area contributed by atoms with Gasteiger partial charge >= 0.3 is 5.97 Å². The maximum absolute atomic E-state index is 12.4. The summed E-state index contributed by atoms with van der Waals surface area (Å²) in [7, 11) is -3.49. The number of ketones is 1. The number of anilines is 1. The minimum absolute atomic E-state index is 0.149. The lowest BCUT2D eigenvalue weighted by atomic mass is 10.1. The largest absolute Gasteiger partial charge is 0.454 e. The standard InChI is InChI=1S/C23H19N3O6S/c27-20(16-6-9-19(10-7-16)24-22(28)17-4-2-1-3-5-17)15-32-23(29)18-8-11-21-25-33(30,31)13-12-26(21)14-18/h1-11,14H,12-13,15H2,(H,24,28). The molecular formula is C23H19N3O6S. The fourth-order valence-electron chi connectivity index (χ4n) is 3.15. The predicted octanol–water partition coefficient (Wildman–Crippen LogP) is 2.16. The third kappa shape index (κ3) is 5.42. The number of rotatable bonds is 6. The summed E-state index contributed by atoms with van der Waals surface area (Å²) in [5.74, 6) is -1.30. The molecule has 2 aliphatic rings. The first-order chi connectivity index (χ1) is 15.8. The molecule has 0 saturated carbocycles. The van der Waals surface area contributed by atoms with Crippen LogP contribution in [0.15, 0.2) is 82.9 Å². The van der Waals surface area contributed by atoms with Crippen molar-refractivity contribution < 1.29 is 27.5 Å². The van der Waals surface area contributed by atoms with Gasteiger partial charge in [0, 0.05) is 29.6 Å². The quantitative estimate of drug-likeness (QED) is 0.512. The number of amidine groups is 1. The lowest BCUT2D eigenvalue weighted by Crippen LogP contribution is -2.37. The Morgan fingerprint density at radius 2 is 1.70 bits per heavy atom. The molecule has 0 radical (unpaired) electrons. The average Bonchev–Trinajstić information content (AvgIpc) is 2.82. The van der Waals surface area contributed by atoms with Crippen LogP contribution >= 0.6 is 0 Å². The van der Waals surface area contributed by atoms with Crippen LogP contribution < -0.4 is 5.32 Å². The molecule has 2 aliphatic heterocycles. The molecule has 33 heavy (non-hydrogen) atoms. The molecule has 0 bridgehead atoms. The molecule has 2 aromatic rings. The van der Waals surface area contributed by atoms with E-state index in [-0.39, 0.29) is 29.6 Å². The number of benzene rings is 2. The summed E-state index contributed by atoms with van der Waals surface area (Å²) >= 11 is 0. The van der Waals surface area contributed by atoms with Gasteiger partial charge in [-0.25, -0.2) is 13.2 Å². The number of hydrogen-bond acceptors (Lipinski definition) is 7. The molecule has 0 atom stereocenters. The van der Waals surface area contributed by atoms with E-state index in [1.165, 1.54) is 30.5 Å². The van der Waals surface area contributed by atoms with E-state index in [1.54, 1.807) is 41.3 Å².